The number of halogens is 1. The van der Waals surface area contributed by atoms with Crippen LogP contribution in [0.3, 0.4) is 0 Å². The molecule has 7 heteroatoms. The lowest BCUT2D eigenvalue weighted by molar-refractivity contribution is 0.0953. The molecule has 1 heterocycles. The maximum absolute atomic E-state index is 13.6. The zero-order valence-electron chi connectivity index (χ0n) is 9.84. The van der Waals surface area contributed by atoms with Gasteiger partial charge in [0.05, 0.1) is 6.54 Å². The van der Waals surface area contributed by atoms with Crippen LogP contribution in [0.2, 0.25) is 0 Å². The normalized spacial score (nSPS) is 10.2. The molecule has 1 aromatic carbocycles. The van der Waals surface area contributed by atoms with Crippen molar-refractivity contribution in [1.82, 2.24) is 15.2 Å². The number of hydrogen-bond donors (Lipinski definition) is 2. The topological polar surface area (TPSA) is 90.0 Å². The van der Waals surface area contributed by atoms with Gasteiger partial charge in [-0.2, -0.15) is 5.10 Å². The molecule has 1 aromatic heterocycles. The SMILES string of the molecule is NNC(=O)c1ccc(F)c(Cn2ncccc2=O)c1. The number of nitrogens with two attached hydrogens (primary N) is 1. The highest BCUT2D eigenvalue weighted by atomic mass is 19.1. The third kappa shape index (κ3) is 2.83. The molecule has 0 saturated heterocycles. The number of nitrogens with one attached hydrogen (secondary N) is 1. The molecule has 0 aliphatic heterocycles. The van der Waals surface area contributed by atoms with Crippen LogP contribution in [-0.4, -0.2) is 15.7 Å². The maximum atomic E-state index is 13.6. The molecule has 2 rings (SSSR count). The second-order valence-corrected chi connectivity index (χ2v) is 3.80. The van der Waals surface area contributed by atoms with Crippen molar-refractivity contribution in [3.8, 4) is 0 Å². The van der Waals surface area contributed by atoms with Crippen LogP contribution >= 0.6 is 0 Å². The van der Waals surface area contributed by atoms with Gasteiger partial charge in [-0.05, 0) is 24.3 Å². The van der Waals surface area contributed by atoms with E-state index in [-0.39, 0.29) is 23.2 Å². The lowest BCUT2D eigenvalue weighted by atomic mass is 10.1. The summed E-state index contributed by atoms with van der Waals surface area (Å²) in [6.45, 7) is -0.0583. The number of hydrazine groups is 1. The largest absolute Gasteiger partial charge is 0.290 e. The van der Waals surface area contributed by atoms with Gasteiger partial charge in [-0.25, -0.2) is 14.9 Å². The molecule has 6 nitrogen and oxygen atoms in total. The van der Waals surface area contributed by atoms with Gasteiger partial charge < -0.3 is 0 Å². The van der Waals surface area contributed by atoms with E-state index in [9.17, 15) is 14.0 Å². The first-order valence-electron chi connectivity index (χ1n) is 5.43. The number of rotatable bonds is 3. The van der Waals surface area contributed by atoms with E-state index in [1.165, 1.54) is 30.5 Å². The Bertz CT molecular complexity index is 669. The van der Waals surface area contributed by atoms with Gasteiger partial charge in [0.25, 0.3) is 11.5 Å². The van der Waals surface area contributed by atoms with Gasteiger partial charge in [-0.3, -0.25) is 15.0 Å². The van der Waals surface area contributed by atoms with E-state index in [4.69, 9.17) is 5.84 Å². The zero-order chi connectivity index (χ0) is 13.8. The number of aromatic nitrogens is 2. The first-order valence-corrected chi connectivity index (χ1v) is 5.43. The molecule has 0 spiro atoms. The second-order valence-electron chi connectivity index (χ2n) is 3.80. The predicted octanol–water partition coefficient (Wildman–Crippen LogP) is 0.0342. The molecular weight excluding hydrogens is 251 g/mol. The lowest BCUT2D eigenvalue weighted by Gasteiger charge is -2.07. The maximum Gasteiger partial charge on any atom is 0.267 e. The summed E-state index contributed by atoms with van der Waals surface area (Å²) in [6, 6.07) is 6.60. The molecule has 98 valence electrons. The Morgan fingerprint density at radius 3 is 2.89 bits per heavy atom. The number of nitrogen functional groups attached to an aromatic ring is 1. The van der Waals surface area contributed by atoms with Gasteiger partial charge in [0, 0.05) is 23.4 Å². The van der Waals surface area contributed by atoms with Crippen LogP contribution in [0.15, 0.2) is 41.3 Å². The van der Waals surface area contributed by atoms with Crippen LogP contribution in [0.4, 0.5) is 4.39 Å². The molecule has 19 heavy (non-hydrogen) atoms. The van der Waals surface area contributed by atoms with Crippen molar-refractivity contribution in [3.05, 3.63) is 63.8 Å². The van der Waals surface area contributed by atoms with Gasteiger partial charge in [0.2, 0.25) is 0 Å². The van der Waals surface area contributed by atoms with Gasteiger partial charge in [-0.1, -0.05) is 0 Å². The highest BCUT2D eigenvalue weighted by Gasteiger charge is 2.10. The van der Waals surface area contributed by atoms with E-state index >= 15 is 0 Å². The van der Waals surface area contributed by atoms with Crippen molar-refractivity contribution in [2.24, 2.45) is 5.84 Å². The minimum Gasteiger partial charge on any atom is -0.290 e. The average molecular weight is 262 g/mol. The second kappa shape index (κ2) is 5.40. The van der Waals surface area contributed by atoms with E-state index < -0.39 is 11.7 Å². The number of benzene rings is 1. The summed E-state index contributed by atoms with van der Waals surface area (Å²) in [6.07, 6.45) is 1.43. The molecule has 0 bridgehead atoms. The van der Waals surface area contributed by atoms with Crippen LogP contribution in [0, 0.1) is 5.82 Å². The third-order valence-corrected chi connectivity index (χ3v) is 2.54. The Morgan fingerprint density at radius 2 is 2.21 bits per heavy atom. The predicted molar refractivity (Wildman–Crippen MR) is 65.7 cm³/mol. The monoisotopic (exact) mass is 262 g/mol. The molecule has 0 aliphatic rings. The van der Waals surface area contributed by atoms with Crippen LogP contribution in [0.1, 0.15) is 15.9 Å². The first kappa shape index (κ1) is 12.9. The smallest absolute Gasteiger partial charge is 0.267 e. The lowest BCUT2D eigenvalue weighted by Crippen LogP contribution is -2.30. The Hall–Kier alpha value is -2.54. The molecule has 0 radical (unpaired) electrons. The van der Waals surface area contributed by atoms with Crippen molar-refractivity contribution in [1.29, 1.82) is 0 Å². The van der Waals surface area contributed by atoms with Gasteiger partial charge in [0.15, 0.2) is 0 Å². The van der Waals surface area contributed by atoms with Crippen molar-refractivity contribution in [2.45, 2.75) is 6.54 Å². The molecule has 0 aliphatic carbocycles. The fraction of sp³-hybridized carbons (Fsp3) is 0.0833. The number of hydrogen-bond acceptors (Lipinski definition) is 4. The highest BCUT2D eigenvalue weighted by molar-refractivity contribution is 5.93. The highest BCUT2D eigenvalue weighted by Crippen LogP contribution is 2.11. The number of carbonyl (C=O) groups excluding carboxylic acids is 1. The van der Waals surface area contributed by atoms with Crippen LogP contribution < -0.4 is 16.8 Å². The van der Waals surface area contributed by atoms with Crippen molar-refractivity contribution >= 4 is 5.91 Å². The van der Waals surface area contributed by atoms with Gasteiger partial charge >= 0.3 is 0 Å². The molecule has 2 aromatic rings. The van der Waals surface area contributed by atoms with E-state index in [0.29, 0.717) is 0 Å². The molecule has 0 unspecified atom stereocenters. The molecule has 0 saturated carbocycles. The number of amides is 1. The van der Waals surface area contributed by atoms with E-state index in [2.05, 4.69) is 5.10 Å². The molecule has 0 atom stereocenters. The number of nitrogens with zero attached hydrogens (tertiary/aromatic N) is 2. The van der Waals surface area contributed by atoms with Gasteiger partial charge in [-0.15, -0.1) is 0 Å². The summed E-state index contributed by atoms with van der Waals surface area (Å²) in [7, 11) is 0. The van der Waals surface area contributed by atoms with Crippen LogP contribution in [-0.2, 0) is 6.54 Å². The summed E-state index contributed by atoms with van der Waals surface area (Å²) in [5, 5.41) is 3.82. The Kier molecular flexibility index (Phi) is 3.67. The minimum atomic E-state index is -0.533. The van der Waals surface area contributed by atoms with E-state index in [1.54, 1.807) is 0 Å². The van der Waals surface area contributed by atoms with E-state index in [0.717, 1.165) is 10.7 Å². The summed E-state index contributed by atoms with van der Waals surface area (Å²) in [5.74, 6) is 3.95. The van der Waals surface area contributed by atoms with Gasteiger partial charge in [0.1, 0.15) is 5.82 Å². The summed E-state index contributed by atoms with van der Waals surface area (Å²) >= 11 is 0. The standard InChI is InChI=1S/C12H11FN4O2/c13-10-4-3-8(12(19)16-14)6-9(10)7-17-11(18)2-1-5-15-17/h1-6H,7,14H2,(H,16,19). The zero-order valence-corrected chi connectivity index (χ0v) is 9.84. The van der Waals surface area contributed by atoms with Crippen molar-refractivity contribution in [3.63, 3.8) is 0 Å². The Labute approximate surface area is 107 Å². The molecule has 0 fully saturated rings. The van der Waals surface area contributed by atoms with Crippen molar-refractivity contribution < 1.29 is 9.18 Å². The van der Waals surface area contributed by atoms with Crippen LogP contribution in [0.5, 0.6) is 0 Å². The molecular formula is C12H11FN4O2. The quantitative estimate of drug-likeness (QED) is 0.464. The minimum absolute atomic E-state index is 0.0583. The fourth-order valence-electron chi connectivity index (χ4n) is 1.59. The first-order chi connectivity index (χ1) is 9.11. The molecule has 1 amide bonds. The molecule has 3 N–H and O–H groups in total. The van der Waals surface area contributed by atoms with Crippen molar-refractivity contribution in [2.75, 3.05) is 0 Å². The fourth-order valence-corrected chi connectivity index (χ4v) is 1.59. The number of carbonyl (C=O) groups is 1. The Balaban J connectivity index is 2.37. The third-order valence-electron chi connectivity index (χ3n) is 2.54. The summed E-state index contributed by atoms with van der Waals surface area (Å²) < 4.78 is 14.7. The summed E-state index contributed by atoms with van der Waals surface area (Å²) in [5.41, 5.74) is 2.00. The van der Waals surface area contributed by atoms with E-state index in [1.807, 2.05) is 5.43 Å². The van der Waals surface area contributed by atoms with Crippen LogP contribution in [0.25, 0.3) is 0 Å². The average Bonchev–Trinajstić information content (AvgIpc) is 2.42. The summed E-state index contributed by atoms with van der Waals surface area (Å²) in [4.78, 5) is 22.8. The Morgan fingerprint density at radius 1 is 1.42 bits per heavy atom.